The molecule has 1 fully saturated rings. The molecule has 1 unspecified atom stereocenters. The number of nitrogens with zero attached hydrogens (tertiary/aromatic N) is 1. The molecule has 0 spiro atoms. The van der Waals surface area contributed by atoms with Crippen molar-refractivity contribution in [2.75, 3.05) is 33.4 Å². The molecule has 4 nitrogen and oxygen atoms in total. The van der Waals surface area contributed by atoms with Gasteiger partial charge in [-0.3, -0.25) is 0 Å². The predicted octanol–water partition coefficient (Wildman–Crippen LogP) is 2.28. The van der Waals surface area contributed by atoms with Crippen molar-refractivity contribution in [2.24, 2.45) is 0 Å². The third-order valence-electron chi connectivity index (χ3n) is 3.50. The fourth-order valence-corrected chi connectivity index (χ4v) is 2.27. The molecule has 0 aromatic heterocycles. The van der Waals surface area contributed by atoms with Crippen molar-refractivity contribution in [2.45, 2.75) is 39.0 Å². The van der Waals surface area contributed by atoms with E-state index in [1.54, 1.807) is 0 Å². The van der Waals surface area contributed by atoms with Crippen LogP contribution < -0.4 is 10.1 Å². The van der Waals surface area contributed by atoms with Gasteiger partial charge in [0, 0.05) is 25.2 Å². The highest BCUT2D eigenvalue weighted by Crippen LogP contribution is 2.15. The first-order valence-corrected chi connectivity index (χ1v) is 7.69. The van der Waals surface area contributed by atoms with Gasteiger partial charge in [0.15, 0.2) is 0 Å². The average molecular weight is 292 g/mol. The minimum Gasteiger partial charge on any atom is -0.491 e. The Morgan fingerprint density at radius 1 is 1.38 bits per heavy atom. The van der Waals surface area contributed by atoms with E-state index in [-0.39, 0.29) is 11.6 Å². The van der Waals surface area contributed by atoms with Gasteiger partial charge >= 0.3 is 0 Å². The molecule has 0 bridgehead atoms. The third-order valence-corrected chi connectivity index (χ3v) is 3.50. The van der Waals surface area contributed by atoms with Gasteiger partial charge in [-0.1, -0.05) is 12.1 Å². The van der Waals surface area contributed by atoms with Gasteiger partial charge in [-0.2, -0.15) is 0 Å². The Balaban J connectivity index is 1.83. The van der Waals surface area contributed by atoms with E-state index in [1.807, 2.05) is 12.1 Å². The molecule has 1 saturated heterocycles. The Bertz CT molecular complexity index is 443. The predicted molar refractivity (Wildman–Crippen MR) is 85.8 cm³/mol. The number of hydrogen-bond acceptors (Lipinski definition) is 4. The van der Waals surface area contributed by atoms with Crippen molar-refractivity contribution in [3.8, 4) is 5.75 Å². The van der Waals surface area contributed by atoms with Crippen LogP contribution in [-0.2, 0) is 11.3 Å². The minimum absolute atomic E-state index is 0.122. The number of hydrogen-bond donors (Lipinski definition) is 1. The van der Waals surface area contributed by atoms with E-state index in [9.17, 15) is 0 Å². The summed E-state index contributed by atoms with van der Waals surface area (Å²) in [6.45, 7) is 10.7. The minimum atomic E-state index is 0.122. The van der Waals surface area contributed by atoms with Crippen LogP contribution in [0.2, 0.25) is 0 Å². The average Bonchev–Trinajstić information content (AvgIpc) is 2.43. The molecular weight excluding hydrogens is 264 g/mol. The summed E-state index contributed by atoms with van der Waals surface area (Å²) in [6.07, 6.45) is 0.167. The lowest BCUT2D eigenvalue weighted by Gasteiger charge is -2.29. The summed E-state index contributed by atoms with van der Waals surface area (Å²) in [7, 11) is 2.12. The molecule has 1 N–H and O–H groups in total. The molecule has 1 heterocycles. The highest BCUT2D eigenvalue weighted by atomic mass is 16.5. The summed E-state index contributed by atoms with van der Waals surface area (Å²) < 4.78 is 11.6. The van der Waals surface area contributed by atoms with Crippen LogP contribution >= 0.6 is 0 Å². The van der Waals surface area contributed by atoms with Crippen molar-refractivity contribution in [3.05, 3.63) is 29.8 Å². The molecule has 1 atom stereocenters. The normalized spacial score (nSPS) is 20.5. The summed E-state index contributed by atoms with van der Waals surface area (Å²) in [5, 5.41) is 3.49. The van der Waals surface area contributed by atoms with Crippen molar-refractivity contribution in [3.63, 3.8) is 0 Å². The number of likely N-dealkylation sites (N-methyl/N-ethyl adjacent to an activating group) is 1. The highest BCUT2D eigenvalue weighted by Gasteiger charge is 2.18. The van der Waals surface area contributed by atoms with Crippen molar-refractivity contribution >= 4 is 0 Å². The van der Waals surface area contributed by atoms with Crippen LogP contribution in [0, 0.1) is 0 Å². The second kappa shape index (κ2) is 7.25. The van der Waals surface area contributed by atoms with E-state index < -0.39 is 0 Å². The summed E-state index contributed by atoms with van der Waals surface area (Å²) in [5.41, 5.74) is 1.36. The zero-order chi connectivity index (χ0) is 15.3. The molecule has 0 radical (unpaired) electrons. The SMILES string of the molecule is CN1CCOC(COc2cccc(CNC(C)(C)C)c2)C1. The van der Waals surface area contributed by atoms with Gasteiger partial charge in [0.25, 0.3) is 0 Å². The smallest absolute Gasteiger partial charge is 0.119 e. The van der Waals surface area contributed by atoms with Gasteiger partial charge in [-0.05, 0) is 45.5 Å². The topological polar surface area (TPSA) is 33.7 Å². The lowest BCUT2D eigenvalue weighted by molar-refractivity contribution is -0.0403. The monoisotopic (exact) mass is 292 g/mol. The molecule has 1 aromatic rings. The number of benzene rings is 1. The third kappa shape index (κ3) is 6.04. The zero-order valence-electron chi connectivity index (χ0n) is 13.7. The van der Waals surface area contributed by atoms with Gasteiger partial charge in [-0.15, -0.1) is 0 Å². The van der Waals surface area contributed by atoms with E-state index in [0.29, 0.717) is 6.61 Å². The molecule has 0 saturated carbocycles. The summed E-state index contributed by atoms with van der Waals surface area (Å²) >= 11 is 0. The molecule has 0 aliphatic carbocycles. The molecule has 1 aliphatic heterocycles. The molecule has 0 amide bonds. The van der Waals surface area contributed by atoms with E-state index in [4.69, 9.17) is 9.47 Å². The van der Waals surface area contributed by atoms with Gasteiger partial charge in [-0.25, -0.2) is 0 Å². The first kappa shape index (κ1) is 16.3. The molecule has 2 rings (SSSR count). The Morgan fingerprint density at radius 2 is 2.19 bits per heavy atom. The number of nitrogens with one attached hydrogen (secondary N) is 1. The standard InChI is InChI=1S/C17H28N2O2/c1-17(2,3)18-11-14-6-5-7-15(10-14)21-13-16-12-19(4)8-9-20-16/h5-7,10,16,18H,8-9,11-13H2,1-4H3. The van der Waals surface area contributed by atoms with Gasteiger partial charge < -0.3 is 19.7 Å². The number of ether oxygens (including phenoxy) is 2. The maximum absolute atomic E-state index is 5.89. The first-order chi connectivity index (χ1) is 9.92. The Hall–Kier alpha value is -1.10. The number of morpholine rings is 1. The van der Waals surface area contributed by atoms with Crippen molar-refractivity contribution in [1.82, 2.24) is 10.2 Å². The second-order valence-electron chi connectivity index (χ2n) is 6.82. The van der Waals surface area contributed by atoms with Crippen LogP contribution in [0.25, 0.3) is 0 Å². The zero-order valence-corrected chi connectivity index (χ0v) is 13.7. The van der Waals surface area contributed by atoms with E-state index in [2.05, 4.69) is 50.2 Å². The lowest BCUT2D eigenvalue weighted by Crippen LogP contribution is -2.42. The summed E-state index contributed by atoms with van der Waals surface area (Å²) in [5.74, 6) is 0.917. The molecule has 1 aromatic carbocycles. The van der Waals surface area contributed by atoms with E-state index >= 15 is 0 Å². The maximum atomic E-state index is 5.89. The fraction of sp³-hybridized carbons (Fsp3) is 0.647. The van der Waals surface area contributed by atoms with Crippen LogP contribution in [0.4, 0.5) is 0 Å². The maximum Gasteiger partial charge on any atom is 0.119 e. The molecular formula is C17H28N2O2. The molecule has 21 heavy (non-hydrogen) atoms. The second-order valence-corrected chi connectivity index (χ2v) is 6.82. The van der Waals surface area contributed by atoms with E-state index in [0.717, 1.165) is 32.0 Å². The van der Waals surface area contributed by atoms with Crippen LogP contribution in [0.1, 0.15) is 26.3 Å². The number of rotatable bonds is 5. The quantitative estimate of drug-likeness (QED) is 0.903. The largest absolute Gasteiger partial charge is 0.491 e. The molecule has 4 heteroatoms. The van der Waals surface area contributed by atoms with Gasteiger partial charge in [0.05, 0.1) is 6.61 Å². The van der Waals surface area contributed by atoms with Gasteiger partial charge in [0.2, 0.25) is 0 Å². The van der Waals surface area contributed by atoms with Crippen molar-refractivity contribution in [1.29, 1.82) is 0 Å². The molecule has 1 aliphatic rings. The van der Waals surface area contributed by atoms with Crippen LogP contribution in [-0.4, -0.2) is 49.9 Å². The Morgan fingerprint density at radius 3 is 2.90 bits per heavy atom. The molecule has 118 valence electrons. The fourth-order valence-electron chi connectivity index (χ4n) is 2.27. The van der Waals surface area contributed by atoms with Crippen LogP contribution in [0.5, 0.6) is 5.75 Å². The van der Waals surface area contributed by atoms with Crippen LogP contribution in [0.15, 0.2) is 24.3 Å². The Kier molecular flexibility index (Phi) is 5.62. The summed E-state index contributed by atoms with van der Waals surface area (Å²) in [4.78, 5) is 2.28. The first-order valence-electron chi connectivity index (χ1n) is 7.69. The van der Waals surface area contributed by atoms with Gasteiger partial charge in [0.1, 0.15) is 18.5 Å². The van der Waals surface area contributed by atoms with Crippen LogP contribution in [0.3, 0.4) is 0 Å². The highest BCUT2D eigenvalue weighted by molar-refractivity contribution is 5.28. The Labute approximate surface area is 128 Å². The summed E-state index contributed by atoms with van der Waals surface area (Å²) in [6, 6.07) is 8.28. The van der Waals surface area contributed by atoms with E-state index in [1.165, 1.54) is 5.56 Å². The van der Waals surface area contributed by atoms with Crippen molar-refractivity contribution < 1.29 is 9.47 Å². The lowest BCUT2D eigenvalue weighted by atomic mass is 10.1.